The highest BCUT2D eigenvalue weighted by Crippen LogP contribution is 2.41. The third-order valence-electron chi connectivity index (χ3n) is 6.25. The van der Waals surface area contributed by atoms with E-state index in [2.05, 4.69) is 17.4 Å². The summed E-state index contributed by atoms with van der Waals surface area (Å²) in [6.07, 6.45) is 1.70. The molecule has 4 rings (SSSR count). The molecule has 3 atom stereocenters. The van der Waals surface area contributed by atoms with Gasteiger partial charge in [-0.05, 0) is 54.2 Å². The van der Waals surface area contributed by atoms with E-state index in [1.54, 1.807) is 19.2 Å². The zero-order valence-electron chi connectivity index (χ0n) is 17.4. The van der Waals surface area contributed by atoms with Crippen molar-refractivity contribution in [2.45, 2.75) is 31.3 Å². The standard InChI is InChI=1S/C24H29FN2O3/c1-29-21-8-4-18(5-9-21)22-14-20(26-16-17-2-6-19(25)7-3-17)15-23(22)24(28)27-10-12-30-13-11-27/h2-9,20,22-23,26H,10-16H2,1H3/t20-,22+,23-/m0/s1. The number of hydrogen-bond acceptors (Lipinski definition) is 4. The lowest BCUT2D eigenvalue weighted by molar-refractivity contribution is -0.140. The Morgan fingerprint density at radius 1 is 1.10 bits per heavy atom. The summed E-state index contributed by atoms with van der Waals surface area (Å²) in [7, 11) is 1.66. The largest absolute Gasteiger partial charge is 0.497 e. The number of ether oxygens (including phenoxy) is 2. The quantitative estimate of drug-likeness (QED) is 0.791. The maximum atomic E-state index is 13.3. The number of morpholine rings is 1. The minimum Gasteiger partial charge on any atom is -0.497 e. The van der Waals surface area contributed by atoms with Gasteiger partial charge in [0.05, 0.1) is 20.3 Å². The molecule has 0 unspecified atom stereocenters. The predicted octanol–water partition coefficient (Wildman–Crippen LogP) is 3.35. The van der Waals surface area contributed by atoms with Gasteiger partial charge in [0.25, 0.3) is 0 Å². The molecular formula is C24H29FN2O3. The molecule has 5 nitrogen and oxygen atoms in total. The van der Waals surface area contributed by atoms with Crippen molar-refractivity contribution in [3.63, 3.8) is 0 Å². The van der Waals surface area contributed by atoms with Gasteiger partial charge in [0, 0.05) is 31.6 Å². The Labute approximate surface area is 177 Å². The fourth-order valence-electron chi connectivity index (χ4n) is 4.58. The first kappa shape index (κ1) is 20.8. The normalized spacial score (nSPS) is 24.1. The first-order valence-corrected chi connectivity index (χ1v) is 10.6. The van der Waals surface area contributed by atoms with Crippen molar-refractivity contribution < 1.29 is 18.7 Å². The third kappa shape index (κ3) is 4.82. The number of halogens is 1. The summed E-state index contributed by atoms with van der Waals surface area (Å²) >= 11 is 0. The Hall–Kier alpha value is -2.44. The van der Waals surface area contributed by atoms with Crippen LogP contribution in [-0.2, 0) is 16.1 Å². The number of carbonyl (C=O) groups is 1. The summed E-state index contributed by atoms with van der Waals surface area (Å²) in [5.74, 6) is 0.929. The van der Waals surface area contributed by atoms with Crippen LogP contribution in [0.4, 0.5) is 4.39 Å². The van der Waals surface area contributed by atoms with Gasteiger partial charge in [-0.3, -0.25) is 4.79 Å². The molecular weight excluding hydrogens is 383 g/mol. The topological polar surface area (TPSA) is 50.8 Å². The molecule has 0 bridgehead atoms. The Bertz CT molecular complexity index is 835. The van der Waals surface area contributed by atoms with Gasteiger partial charge in [0.15, 0.2) is 0 Å². The van der Waals surface area contributed by atoms with E-state index in [1.165, 1.54) is 17.7 Å². The van der Waals surface area contributed by atoms with E-state index in [0.29, 0.717) is 32.8 Å². The van der Waals surface area contributed by atoms with Crippen LogP contribution in [0.5, 0.6) is 5.75 Å². The smallest absolute Gasteiger partial charge is 0.226 e. The molecule has 2 aromatic carbocycles. The van der Waals surface area contributed by atoms with Crippen molar-refractivity contribution in [2.24, 2.45) is 5.92 Å². The number of methoxy groups -OCH3 is 1. The third-order valence-corrected chi connectivity index (χ3v) is 6.25. The molecule has 6 heteroatoms. The van der Waals surface area contributed by atoms with Gasteiger partial charge in [0.1, 0.15) is 11.6 Å². The molecule has 0 aromatic heterocycles. The maximum absolute atomic E-state index is 13.3. The van der Waals surface area contributed by atoms with Gasteiger partial charge in [-0.1, -0.05) is 24.3 Å². The van der Waals surface area contributed by atoms with Crippen LogP contribution < -0.4 is 10.1 Å². The SMILES string of the molecule is COc1ccc([C@H]2C[C@H](NCc3ccc(F)cc3)C[C@@H]2C(=O)N2CCOCC2)cc1. The number of rotatable bonds is 6. The number of hydrogen-bond donors (Lipinski definition) is 1. The minimum absolute atomic E-state index is 0.0535. The fraction of sp³-hybridized carbons (Fsp3) is 0.458. The van der Waals surface area contributed by atoms with Crippen molar-refractivity contribution in [1.29, 1.82) is 0 Å². The minimum atomic E-state index is -0.227. The second-order valence-electron chi connectivity index (χ2n) is 8.10. The molecule has 160 valence electrons. The van der Waals surface area contributed by atoms with Crippen LogP contribution in [0, 0.1) is 11.7 Å². The Morgan fingerprint density at radius 2 is 1.80 bits per heavy atom. The van der Waals surface area contributed by atoms with Crippen LogP contribution >= 0.6 is 0 Å². The van der Waals surface area contributed by atoms with E-state index in [4.69, 9.17) is 9.47 Å². The average Bonchev–Trinajstić information content (AvgIpc) is 3.23. The van der Waals surface area contributed by atoms with Crippen molar-refractivity contribution in [1.82, 2.24) is 10.2 Å². The predicted molar refractivity (Wildman–Crippen MR) is 113 cm³/mol. The fourth-order valence-corrected chi connectivity index (χ4v) is 4.58. The molecule has 2 aliphatic rings. The summed E-state index contributed by atoms with van der Waals surface area (Å²) in [5.41, 5.74) is 2.22. The molecule has 0 spiro atoms. The maximum Gasteiger partial charge on any atom is 0.226 e. The molecule has 2 fully saturated rings. The van der Waals surface area contributed by atoms with E-state index in [1.807, 2.05) is 17.0 Å². The second-order valence-corrected chi connectivity index (χ2v) is 8.10. The van der Waals surface area contributed by atoms with Crippen LogP contribution in [-0.4, -0.2) is 50.3 Å². The summed E-state index contributed by atoms with van der Waals surface area (Å²) in [6, 6.07) is 14.9. The van der Waals surface area contributed by atoms with Gasteiger partial charge in [-0.2, -0.15) is 0 Å². The zero-order chi connectivity index (χ0) is 20.9. The Morgan fingerprint density at radius 3 is 2.47 bits per heavy atom. The lowest BCUT2D eigenvalue weighted by atomic mass is 9.88. The molecule has 1 saturated heterocycles. The van der Waals surface area contributed by atoms with Gasteiger partial charge >= 0.3 is 0 Å². The summed E-state index contributed by atoms with van der Waals surface area (Å²) < 4.78 is 23.9. The van der Waals surface area contributed by atoms with Crippen molar-refractivity contribution >= 4 is 5.91 Å². The summed E-state index contributed by atoms with van der Waals surface area (Å²) in [5, 5.41) is 3.58. The molecule has 1 amide bonds. The highest BCUT2D eigenvalue weighted by atomic mass is 19.1. The highest BCUT2D eigenvalue weighted by molar-refractivity contribution is 5.80. The lowest BCUT2D eigenvalue weighted by Crippen LogP contribution is -2.44. The first-order chi connectivity index (χ1) is 14.6. The van der Waals surface area contributed by atoms with Crippen LogP contribution in [0.2, 0.25) is 0 Å². The van der Waals surface area contributed by atoms with Crippen LogP contribution in [0.15, 0.2) is 48.5 Å². The number of carbonyl (C=O) groups excluding carboxylic acids is 1. The van der Waals surface area contributed by atoms with E-state index in [9.17, 15) is 9.18 Å². The molecule has 1 aliphatic carbocycles. The second kappa shape index (κ2) is 9.58. The molecule has 0 radical (unpaired) electrons. The zero-order valence-corrected chi connectivity index (χ0v) is 17.4. The first-order valence-electron chi connectivity index (χ1n) is 10.6. The number of nitrogens with one attached hydrogen (secondary N) is 1. The van der Waals surface area contributed by atoms with Gasteiger partial charge in [-0.25, -0.2) is 4.39 Å². The number of benzene rings is 2. The summed E-state index contributed by atoms with van der Waals surface area (Å²) in [4.78, 5) is 15.3. The highest BCUT2D eigenvalue weighted by Gasteiger charge is 2.41. The van der Waals surface area contributed by atoms with Gasteiger partial charge < -0.3 is 19.7 Å². The van der Waals surface area contributed by atoms with Crippen molar-refractivity contribution in [2.75, 3.05) is 33.4 Å². The molecule has 30 heavy (non-hydrogen) atoms. The number of amides is 1. The van der Waals surface area contributed by atoms with E-state index in [-0.39, 0.29) is 29.6 Å². The van der Waals surface area contributed by atoms with Crippen molar-refractivity contribution in [3.05, 3.63) is 65.5 Å². The number of nitrogens with zero attached hydrogens (tertiary/aromatic N) is 1. The van der Waals surface area contributed by atoms with Crippen LogP contribution in [0.25, 0.3) is 0 Å². The molecule has 1 heterocycles. The molecule has 2 aromatic rings. The van der Waals surface area contributed by atoms with Gasteiger partial charge in [0.2, 0.25) is 5.91 Å². The molecule has 1 aliphatic heterocycles. The average molecular weight is 413 g/mol. The Balaban J connectivity index is 1.48. The Kier molecular flexibility index (Phi) is 6.65. The molecule has 1 N–H and O–H groups in total. The summed E-state index contributed by atoms with van der Waals surface area (Å²) in [6.45, 7) is 3.21. The van der Waals surface area contributed by atoms with Crippen molar-refractivity contribution in [3.8, 4) is 5.75 Å². The monoisotopic (exact) mass is 412 g/mol. The van der Waals surface area contributed by atoms with Crippen LogP contribution in [0.1, 0.15) is 29.9 Å². The lowest BCUT2D eigenvalue weighted by Gasteiger charge is -2.31. The molecule has 1 saturated carbocycles. The van der Waals surface area contributed by atoms with E-state index in [0.717, 1.165) is 24.2 Å². The van der Waals surface area contributed by atoms with E-state index < -0.39 is 0 Å². The van der Waals surface area contributed by atoms with Crippen LogP contribution in [0.3, 0.4) is 0 Å². The van der Waals surface area contributed by atoms with Gasteiger partial charge in [-0.15, -0.1) is 0 Å². The van der Waals surface area contributed by atoms with E-state index >= 15 is 0 Å².